The lowest BCUT2D eigenvalue weighted by atomic mass is 9.90. The summed E-state index contributed by atoms with van der Waals surface area (Å²) in [6, 6.07) is 6.82. The molecule has 1 aromatic carbocycles. The third-order valence-corrected chi connectivity index (χ3v) is 4.46. The number of carbonyl (C=O) groups is 1. The highest BCUT2D eigenvalue weighted by molar-refractivity contribution is 5.89. The van der Waals surface area contributed by atoms with Crippen molar-refractivity contribution >= 4 is 5.97 Å². The normalized spacial score (nSPS) is 28.8. The van der Waals surface area contributed by atoms with Crippen molar-refractivity contribution in [3.8, 4) is 5.69 Å². The lowest BCUT2D eigenvalue weighted by Gasteiger charge is -2.34. The van der Waals surface area contributed by atoms with Crippen LogP contribution in [-0.4, -0.2) is 52.2 Å². The Hall–Kier alpha value is -2.29. The zero-order chi connectivity index (χ0) is 16.7. The third-order valence-electron chi connectivity index (χ3n) is 4.46. The summed E-state index contributed by atoms with van der Waals surface area (Å²) < 4.78 is 17.4. The molecule has 3 atom stereocenters. The summed E-state index contributed by atoms with van der Waals surface area (Å²) in [7, 11) is 1.33. The van der Waals surface area contributed by atoms with Crippen molar-refractivity contribution in [3.63, 3.8) is 0 Å². The predicted octanol–water partition coefficient (Wildman–Crippen LogP) is 0.777. The number of hydrogen-bond acceptors (Lipinski definition) is 7. The summed E-state index contributed by atoms with van der Waals surface area (Å²) in [5.41, 5.74) is 0.123. The summed E-state index contributed by atoms with van der Waals surface area (Å²) in [6.07, 6.45) is 2.16. The molecule has 3 heterocycles. The number of carbonyl (C=O) groups excluding carboxylic acids is 1. The van der Waals surface area contributed by atoms with Gasteiger partial charge >= 0.3 is 5.97 Å². The average molecular weight is 331 g/mol. The van der Waals surface area contributed by atoms with Crippen LogP contribution < -0.4 is 0 Å². The van der Waals surface area contributed by atoms with Gasteiger partial charge < -0.3 is 19.3 Å². The second-order valence-corrected chi connectivity index (χ2v) is 5.98. The van der Waals surface area contributed by atoms with Crippen LogP contribution in [-0.2, 0) is 19.8 Å². The molecule has 8 heteroatoms. The van der Waals surface area contributed by atoms with Gasteiger partial charge in [0, 0.05) is 0 Å². The van der Waals surface area contributed by atoms with E-state index < -0.39 is 17.9 Å². The fourth-order valence-corrected chi connectivity index (χ4v) is 3.08. The van der Waals surface area contributed by atoms with E-state index in [0.29, 0.717) is 36.4 Å². The number of aliphatic hydroxyl groups is 1. The molecule has 2 saturated heterocycles. The first-order chi connectivity index (χ1) is 11.6. The Labute approximate surface area is 137 Å². The zero-order valence-corrected chi connectivity index (χ0v) is 13.1. The maximum absolute atomic E-state index is 11.6. The fraction of sp³-hybridized carbons (Fsp3) is 0.438. The van der Waals surface area contributed by atoms with Gasteiger partial charge in [-0.15, -0.1) is 5.10 Å². The third kappa shape index (κ3) is 2.39. The minimum absolute atomic E-state index is 0.0436. The van der Waals surface area contributed by atoms with Crippen molar-refractivity contribution in [3.05, 3.63) is 41.7 Å². The number of fused-ring (bicyclic) bond motifs is 2. The lowest BCUT2D eigenvalue weighted by Crippen LogP contribution is -2.44. The molecular formula is C16H17N3O5. The van der Waals surface area contributed by atoms with Crippen LogP contribution in [0.1, 0.15) is 28.9 Å². The monoisotopic (exact) mass is 331 g/mol. The van der Waals surface area contributed by atoms with Crippen LogP contribution in [0.25, 0.3) is 5.69 Å². The summed E-state index contributed by atoms with van der Waals surface area (Å²) >= 11 is 0. The van der Waals surface area contributed by atoms with Gasteiger partial charge in [0.1, 0.15) is 5.69 Å². The summed E-state index contributed by atoms with van der Waals surface area (Å²) in [5, 5.41) is 19.1. The van der Waals surface area contributed by atoms with Gasteiger partial charge in [-0.25, -0.2) is 9.48 Å². The SMILES string of the molecule is COC(=O)c1cccc(-n2cc(C3(O)CC[C@H]4CO[C@@H]3O4)nn2)c1. The second kappa shape index (κ2) is 5.66. The highest BCUT2D eigenvalue weighted by Crippen LogP contribution is 2.41. The fourth-order valence-electron chi connectivity index (χ4n) is 3.08. The molecule has 0 aliphatic carbocycles. The molecule has 4 rings (SSSR count). The van der Waals surface area contributed by atoms with E-state index in [1.54, 1.807) is 30.5 Å². The summed E-state index contributed by atoms with van der Waals surface area (Å²) in [6.45, 7) is 0.488. The van der Waals surface area contributed by atoms with Crippen LogP contribution in [0, 0.1) is 0 Å². The second-order valence-electron chi connectivity index (χ2n) is 5.98. The number of ether oxygens (including phenoxy) is 3. The van der Waals surface area contributed by atoms with Gasteiger partial charge in [-0.2, -0.15) is 0 Å². The van der Waals surface area contributed by atoms with E-state index in [1.807, 2.05) is 0 Å². The van der Waals surface area contributed by atoms with Crippen LogP contribution >= 0.6 is 0 Å². The van der Waals surface area contributed by atoms with E-state index >= 15 is 0 Å². The summed E-state index contributed by atoms with van der Waals surface area (Å²) in [5.74, 6) is -0.429. The quantitative estimate of drug-likeness (QED) is 0.830. The van der Waals surface area contributed by atoms with Gasteiger partial charge in [-0.05, 0) is 31.0 Å². The highest BCUT2D eigenvalue weighted by atomic mass is 16.7. The molecule has 2 bridgehead atoms. The van der Waals surface area contributed by atoms with Gasteiger partial charge in [-0.1, -0.05) is 11.3 Å². The van der Waals surface area contributed by atoms with Crippen molar-refractivity contribution in [1.82, 2.24) is 15.0 Å². The lowest BCUT2D eigenvalue weighted by molar-refractivity contribution is -0.219. The number of benzene rings is 1. The van der Waals surface area contributed by atoms with Crippen molar-refractivity contribution in [2.24, 2.45) is 0 Å². The van der Waals surface area contributed by atoms with E-state index in [2.05, 4.69) is 10.3 Å². The Morgan fingerprint density at radius 3 is 3.21 bits per heavy atom. The number of methoxy groups -OCH3 is 1. The Kier molecular flexibility index (Phi) is 3.60. The Morgan fingerprint density at radius 1 is 1.50 bits per heavy atom. The van der Waals surface area contributed by atoms with Crippen molar-refractivity contribution in [2.75, 3.05) is 13.7 Å². The zero-order valence-electron chi connectivity index (χ0n) is 13.1. The van der Waals surface area contributed by atoms with Crippen molar-refractivity contribution in [1.29, 1.82) is 0 Å². The maximum Gasteiger partial charge on any atom is 0.337 e. The molecule has 1 aromatic heterocycles. The molecule has 2 aromatic rings. The molecule has 2 fully saturated rings. The first kappa shape index (κ1) is 15.3. The molecule has 24 heavy (non-hydrogen) atoms. The molecule has 2 aliphatic rings. The average Bonchev–Trinajstić information content (AvgIpc) is 3.27. The molecule has 0 radical (unpaired) electrons. The number of hydrogen-bond donors (Lipinski definition) is 1. The maximum atomic E-state index is 11.6. The van der Waals surface area contributed by atoms with Gasteiger partial charge in [0.2, 0.25) is 0 Å². The smallest absolute Gasteiger partial charge is 0.337 e. The number of aromatic nitrogens is 3. The Morgan fingerprint density at radius 2 is 2.38 bits per heavy atom. The number of rotatable bonds is 3. The molecule has 0 spiro atoms. The van der Waals surface area contributed by atoms with Crippen LogP contribution in [0.5, 0.6) is 0 Å². The van der Waals surface area contributed by atoms with Crippen LogP contribution in [0.4, 0.5) is 0 Å². The van der Waals surface area contributed by atoms with E-state index in [1.165, 1.54) is 11.8 Å². The van der Waals surface area contributed by atoms with E-state index in [9.17, 15) is 9.90 Å². The largest absolute Gasteiger partial charge is 0.465 e. The first-order valence-corrected chi connectivity index (χ1v) is 7.71. The minimum atomic E-state index is -1.31. The van der Waals surface area contributed by atoms with Crippen LogP contribution in [0.15, 0.2) is 30.5 Å². The molecule has 1 N–H and O–H groups in total. The van der Waals surface area contributed by atoms with Gasteiger partial charge in [-0.3, -0.25) is 0 Å². The molecule has 0 saturated carbocycles. The van der Waals surface area contributed by atoms with E-state index in [4.69, 9.17) is 14.2 Å². The number of esters is 1. The molecule has 0 amide bonds. The topological polar surface area (TPSA) is 95.7 Å². The Balaban J connectivity index is 1.64. The number of nitrogens with zero attached hydrogens (tertiary/aromatic N) is 3. The Bertz CT molecular complexity index is 777. The van der Waals surface area contributed by atoms with Gasteiger partial charge in [0.05, 0.1) is 37.3 Å². The molecule has 8 nitrogen and oxygen atoms in total. The molecule has 2 aliphatic heterocycles. The van der Waals surface area contributed by atoms with Crippen molar-refractivity contribution in [2.45, 2.75) is 30.8 Å². The van der Waals surface area contributed by atoms with Crippen molar-refractivity contribution < 1.29 is 24.1 Å². The minimum Gasteiger partial charge on any atom is -0.465 e. The molecule has 1 unspecified atom stereocenters. The van der Waals surface area contributed by atoms with Gasteiger partial charge in [0.25, 0.3) is 0 Å². The van der Waals surface area contributed by atoms with E-state index in [0.717, 1.165) is 0 Å². The molecular weight excluding hydrogens is 314 g/mol. The highest BCUT2D eigenvalue weighted by Gasteiger charge is 2.51. The van der Waals surface area contributed by atoms with Crippen LogP contribution in [0.2, 0.25) is 0 Å². The van der Waals surface area contributed by atoms with Crippen LogP contribution in [0.3, 0.4) is 0 Å². The first-order valence-electron chi connectivity index (χ1n) is 7.71. The molecule has 126 valence electrons. The standard InChI is InChI=1S/C16H17N3O5/c1-22-14(20)10-3-2-4-11(7-10)19-8-13(17-18-19)16(21)6-5-12-9-23-15(16)24-12/h2-4,7-8,12,15,21H,5-6,9H2,1H3/t12-,15+,16?/m0/s1. The van der Waals surface area contributed by atoms with E-state index in [-0.39, 0.29) is 6.10 Å². The summed E-state index contributed by atoms with van der Waals surface area (Å²) in [4.78, 5) is 11.6. The van der Waals surface area contributed by atoms with Gasteiger partial charge in [0.15, 0.2) is 11.9 Å². The predicted molar refractivity (Wildman–Crippen MR) is 80.4 cm³/mol.